The van der Waals surface area contributed by atoms with Crippen LogP contribution in [0.2, 0.25) is 0 Å². The average Bonchev–Trinajstić information content (AvgIpc) is 2.36. The predicted octanol–water partition coefficient (Wildman–Crippen LogP) is 1.02. The third kappa shape index (κ3) is 4.36. The van der Waals surface area contributed by atoms with E-state index in [1.165, 1.54) is 0 Å². The molecule has 0 fully saturated rings. The van der Waals surface area contributed by atoms with Crippen molar-refractivity contribution >= 4 is 15.5 Å². The van der Waals surface area contributed by atoms with Crippen molar-refractivity contribution in [2.75, 3.05) is 30.0 Å². The quantitative estimate of drug-likeness (QED) is 0.825. The Morgan fingerprint density at radius 3 is 2.65 bits per heavy atom. The highest BCUT2D eigenvalue weighted by atomic mass is 32.2. The van der Waals surface area contributed by atoms with Gasteiger partial charge in [0, 0.05) is 31.6 Å². The molecule has 0 amide bonds. The third-order valence-electron chi connectivity index (χ3n) is 2.76. The molecule has 17 heavy (non-hydrogen) atoms. The number of rotatable bonds is 6. The van der Waals surface area contributed by atoms with Gasteiger partial charge in [0.05, 0.1) is 5.75 Å². The molecule has 2 N–H and O–H groups in total. The van der Waals surface area contributed by atoms with Gasteiger partial charge in [-0.1, -0.05) is 19.1 Å². The summed E-state index contributed by atoms with van der Waals surface area (Å²) in [6, 6.07) is 7.83. The second kappa shape index (κ2) is 6.02. The molecule has 0 saturated heterocycles. The Kier molecular flexibility index (Phi) is 4.96. The van der Waals surface area contributed by atoms with Crippen molar-refractivity contribution in [1.29, 1.82) is 0 Å². The first-order chi connectivity index (χ1) is 7.98. The van der Waals surface area contributed by atoms with E-state index in [0.717, 1.165) is 11.3 Å². The lowest BCUT2D eigenvalue weighted by molar-refractivity contribution is 0.596. The van der Waals surface area contributed by atoms with Crippen LogP contribution < -0.4 is 10.6 Å². The Bertz CT molecular complexity index is 457. The van der Waals surface area contributed by atoms with Crippen LogP contribution in [0.5, 0.6) is 0 Å². The predicted molar refractivity (Wildman–Crippen MR) is 71.9 cm³/mol. The molecule has 0 spiro atoms. The lowest BCUT2D eigenvalue weighted by atomic mass is 10.2. The molecule has 0 radical (unpaired) electrons. The first-order valence-corrected chi connectivity index (χ1v) is 7.51. The van der Waals surface area contributed by atoms with Crippen LogP contribution in [0.25, 0.3) is 0 Å². The second-order valence-corrected chi connectivity index (χ2v) is 6.50. The Morgan fingerprint density at radius 2 is 2.06 bits per heavy atom. The van der Waals surface area contributed by atoms with E-state index in [2.05, 4.69) is 0 Å². The van der Waals surface area contributed by atoms with Gasteiger partial charge < -0.3 is 10.6 Å². The van der Waals surface area contributed by atoms with Gasteiger partial charge in [-0.25, -0.2) is 8.42 Å². The Hall–Kier alpha value is -1.07. The molecule has 96 valence electrons. The molecule has 4 nitrogen and oxygen atoms in total. The molecule has 0 heterocycles. The largest absolute Gasteiger partial charge is 0.374 e. The van der Waals surface area contributed by atoms with E-state index in [0.29, 0.717) is 13.1 Å². The molecule has 1 rings (SSSR count). The fraction of sp³-hybridized carbons (Fsp3) is 0.500. The van der Waals surface area contributed by atoms with Crippen molar-refractivity contribution in [1.82, 2.24) is 0 Å². The van der Waals surface area contributed by atoms with E-state index < -0.39 is 9.84 Å². The van der Waals surface area contributed by atoms with Gasteiger partial charge in [-0.2, -0.15) is 0 Å². The summed E-state index contributed by atoms with van der Waals surface area (Å²) in [5.41, 5.74) is 7.62. The van der Waals surface area contributed by atoms with Gasteiger partial charge in [0.2, 0.25) is 0 Å². The topological polar surface area (TPSA) is 63.4 Å². The van der Waals surface area contributed by atoms with Gasteiger partial charge in [-0.3, -0.25) is 0 Å². The maximum Gasteiger partial charge on any atom is 0.151 e. The maximum atomic E-state index is 11.4. The fourth-order valence-electron chi connectivity index (χ4n) is 1.47. The van der Waals surface area contributed by atoms with Crippen molar-refractivity contribution in [3.05, 3.63) is 29.8 Å². The summed E-state index contributed by atoms with van der Waals surface area (Å²) in [6.45, 7) is 2.67. The Balaban J connectivity index is 2.66. The monoisotopic (exact) mass is 256 g/mol. The third-order valence-corrected chi connectivity index (χ3v) is 4.45. The van der Waals surface area contributed by atoms with Crippen LogP contribution in [-0.4, -0.2) is 33.5 Å². The van der Waals surface area contributed by atoms with Crippen LogP contribution >= 0.6 is 0 Å². The minimum Gasteiger partial charge on any atom is -0.374 e. The Labute approximate surface area is 103 Å². The summed E-state index contributed by atoms with van der Waals surface area (Å²) in [7, 11) is -1.01. The minimum absolute atomic E-state index is 0.187. The number of nitrogens with two attached hydrogens (primary N) is 1. The van der Waals surface area contributed by atoms with Crippen LogP contribution in [0.4, 0.5) is 5.69 Å². The van der Waals surface area contributed by atoms with Crippen LogP contribution in [0.1, 0.15) is 12.5 Å². The lowest BCUT2D eigenvalue weighted by Crippen LogP contribution is -2.26. The van der Waals surface area contributed by atoms with Crippen molar-refractivity contribution in [3.8, 4) is 0 Å². The van der Waals surface area contributed by atoms with Crippen LogP contribution in [0, 0.1) is 0 Å². The smallest absolute Gasteiger partial charge is 0.151 e. The van der Waals surface area contributed by atoms with Gasteiger partial charge >= 0.3 is 0 Å². The van der Waals surface area contributed by atoms with Crippen LogP contribution in [0.15, 0.2) is 24.3 Å². The number of nitrogens with zero attached hydrogens (tertiary/aromatic N) is 1. The van der Waals surface area contributed by atoms with Gasteiger partial charge in [0.25, 0.3) is 0 Å². The molecule has 0 atom stereocenters. The molecular formula is C12H20N2O2S. The highest BCUT2D eigenvalue weighted by Crippen LogP contribution is 2.14. The van der Waals surface area contributed by atoms with Crippen LogP contribution in [-0.2, 0) is 16.4 Å². The second-order valence-electron chi connectivity index (χ2n) is 4.03. The van der Waals surface area contributed by atoms with E-state index in [9.17, 15) is 8.42 Å². The summed E-state index contributed by atoms with van der Waals surface area (Å²) in [6.07, 6.45) is 0. The first-order valence-electron chi connectivity index (χ1n) is 5.69. The zero-order chi connectivity index (χ0) is 12.9. The molecule has 0 aliphatic rings. The molecule has 0 aliphatic carbocycles. The standard InChI is InChI=1S/C12H20N2O2S/c1-3-17(15,16)8-7-14(2)12-6-4-5-11(9-12)10-13/h4-6,9H,3,7-8,10,13H2,1-2H3. The maximum absolute atomic E-state index is 11.4. The zero-order valence-corrected chi connectivity index (χ0v) is 11.2. The normalized spacial score (nSPS) is 11.5. The number of sulfone groups is 1. The molecule has 1 aromatic carbocycles. The van der Waals surface area contributed by atoms with E-state index in [1.54, 1.807) is 6.92 Å². The van der Waals surface area contributed by atoms with Crippen molar-refractivity contribution in [2.45, 2.75) is 13.5 Å². The zero-order valence-electron chi connectivity index (χ0n) is 10.4. The molecule has 0 aromatic heterocycles. The molecule has 5 heteroatoms. The van der Waals surface area contributed by atoms with E-state index in [-0.39, 0.29) is 11.5 Å². The molecule has 0 saturated carbocycles. The summed E-state index contributed by atoms with van der Waals surface area (Å²) in [5, 5.41) is 0. The average molecular weight is 256 g/mol. The summed E-state index contributed by atoms with van der Waals surface area (Å²) >= 11 is 0. The highest BCUT2D eigenvalue weighted by Gasteiger charge is 2.09. The number of hydrogen-bond acceptors (Lipinski definition) is 4. The van der Waals surface area contributed by atoms with Crippen molar-refractivity contribution in [2.24, 2.45) is 5.73 Å². The fourth-order valence-corrected chi connectivity index (χ4v) is 2.31. The number of hydrogen-bond donors (Lipinski definition) is 1. The first kappa shape index (κ1) is 14.0. The van der Waals surface area contributed by atoms with Crippen molar-refractivity contribution in [3.63, 3.8) is 0 Å². The van der Waals surface area contributed by atoms with E-state index in [4.69, 9.17) is 5.73 Å². The highest BCUT2D eigenvalue weighted by molar-refractivity contribution is 7.91. The van der Waals surface area contributed by atoms with E-state index in [1.807, 2.05) is 36.2 Å². The Morgan fingerprint density at radius 1 is 1.35 bits per heavy atom. The van der Waals surface area contributed by atoms with E-state index >= 15 is 0 Å². The minimum atomic E-state index is -2.90. The molecular weight excluding hydrogens is 236 g/mol. The van der Waals surface area contributed by atoms with Gasteiger partial charge in [-0.05, 0) is 17.7 Å². The lowest BCUT2D eigenvalue weighted by Gasteiger charge is -2.19. The molecule has 0 bridgehead atoms. The van der Waals surface area contributed by atoms with Gasteiger partial charge in [-0.15, -0.1) is 0 Å². The number of anilines is 1. The van der Waals surface area contributed by atoms with Gasteiger partial charge in [0.1, 0.15) is 0 Å². The summed E-state index contributed by atoms with van der Waals surface area (Å²) in [5.74, 6) is 0.385. The molecule has 1 aromatic rings. The molecule has 0 unspecified atom stereocenters. The molecule has 0 aliphatic heterocycles. The number of benzene rings is 1. The van der Waals surface area contributed by atoms with Crippen LogP contribution in [0.3, 0.4) is 0 Å². The van der Waals surface area contributed by atoms with Gasteiger partial charge in [0.15, 0.2) is 9.84 Å². The summed E-state index contributed by atoms with van der Waals surface area (Å²) < 4.78 is 22.8. The SMILES string of the molecule is CCS(=O)(=O)CCN(C)c1cccc(CN)c1. The summed E-state index contributed by atoms with van der Waals surface area (Å²) in [4.78, 5) is 1.94. The van der Waals surface area contributed by atoms with Crippen molar-refractivity contribution < 1.29 is 8.42 Å².